The Morgan fingerprint density at radius 1 is 0.895 bits per heavy atom. The number of aryl methyl sites for hydroxylation is 1. The number of nitrogens with one attached hydrogen (secondary N) is 1. The van der Waals surface area contributed by atoms with E-state index in [1.54, 1.807) is 12.3 Å². The average molecular weight is 806 g/mol. The van der Waals surface area contributed by atoms with Crippen LogP contribution in [0, 0.1) is 18.3 Å². The minimum absolute atomic E-state index is 0.0970. The molecule has 6 rings (SSSR count). The van der Waals surface area contributed by atoms with Crippen LogP contribution in [0.2, 0.25) is 10.0 Å². The summed E-state index contributed by atoms with van der Waals surface area (Å²) in [6.45, 7) is 14.1. The Labute approximate surface area is 343 Å². The quantitative estimate of drug-likeness (QED) is 0.114. The van der Waals surface area contributed by atoms with Gasteiger partial charge in [-0.2, -0.15) is 10.4 Å². The van der Waals surface area contributed by atoms with Gasteiger partial charge >= 0.3 is 5.97 Å². The molecule has 0 unspecified atom stereocenters. The average Bonchev–Trinajstić information content (AvgIpc) is 3.57. The van der Waals surface area contributed by atoms with E-state index in [9.17, 15) is 10.1 Å². The van der Waals surface area contributed by atoms with Crippen LogP contribution in [0.5, 0.6) is 5.75 Å². The second-order valence-corrected chi connectivity index (χ2v) is 16.6. The highest BCUT2D eigenvalue weighted by molar-refractivity contribution is 6.36. The van der Waals surface area contributed by atoms with Crippen LogP contribution in [-0.2, 0) is 34.0 Å². The first-order valence-corrected chi connectivity index (χ1v) is 19.4. The molecular formula is C45H46Cl2N6O4. The molecule has 57 heavy (non-hydrogen) atoms. The highest BCUT2D eigenvalue weighted by atomic mass is 35.5. The third-order valence-electron chi connectivity index (χ3n) is 8.94. The molecule has 6 aromatic rings. The Bertz CT molecular complexity index is 2430. The Balaban J connectivity index is 1.32. The lowest BCUT2D eigenvalue weighted by atomic mass is 9.98. The number of esters is 1. The number of carbonyl (C=O) groups is 1. The number of nitrogens with zero attached hydrogens (tertiary/aromatic N) is 5. The second-order valence-electron chi connectivity index (χ2n) is 15.9. The van der Waals surface area contributed by atoms with Gasteiger partial charge in [-0.25, -0.2) is 0 Å². The zero-order chi connectivity index (χ0) is 40.9. The van der Waals surface area contributed by atoms with Crippen molar-refractivity contribution >= 4 is 40.1 Å². The first-order valence-electron chi connectivity index (χ1n) is 18.6. The standard InChI is InChI=1S/C45H46Cl2N6O4/c1-28-14-15-38(50-20-28)35-12-8-11-34(42(35)47)33-10-9-13-40-36(33)24-52-53(40)25-32-18-41(55-26-30-16-29(19-48)21-49-22-30)31(17-37(32)46)23-51-39(27-56-44(2,3)4)43(54)57-45(5,6)7/h8-18,20-22,24,39,51H,23,25-27H2,1-7H3/t39-/m0/s1. The molecule has 0 aliphatic heterocycles. The van der Waals surface area contributed by atoms with Gasteiger partial charge in [0.1, 0.15) is 30.1 Å². The molecule has 0 fully saturated rings. The smallest absolute Gasteiger partial charge is 0.326 e. The van der Waals surface area contributed by atoms with E-state index in [1.807, 2.05) is 126 Å². The van der Waals surface area contributed by atoms with Crippen LogP contribution in [0.25, 0.3) is 33.3 Å². The van der Waals surface area contributed by atoms with E-state index in [-0.39, 0.29) is 19.8 Å². The molecule has 3 aromatic carbocycles. The molecule has 294 valence electrons. The summed E-state index contributed by atoms with van der Waals surface area (Å²) < 4.78 is 20.0. The summed E-state index contributed by atoms with van der Waals surface area (Å²) >= 11 is 14.1. The summed E-state index contributed by atoms with van der Waals surface area (Å²) in [6.07, 6.45) is 6.83. The lowest BCUT2D eigenvalue weighted by Crippen LogP contribution is -2.45. The Morgan fingerprint density at radius 2 is 1.65 bits per heavy atom. The molecule has 0 radical (unpaired) electrons. The number of rotatable bonds is 13. The lowest BCUT2D eigenvalue weighted by Gasteiger charge is -2.27. The number of hydrogen-bond acceptors (Lipinski definition) is 9. The number of ether oxygens (including phenoxy) is 3. The molecule has 12 heteroatoms. The third kappa shape index (κ3) is 10.6. The number of pyridine rings is 2. The van der Waals surface area contributed by atoms with Gasteiger partial charge in [0.15, 0.2) is 0 Å². The van der Waals surface area contributed by atoms with Crippen molar-refractivity contribution in [2.45, 2.75) is 85.4 Å². The van der Waals surface area contributed by atoms with E-state index in [2.05, 4.69) is 21.4 Å². The topological polar surface area (TPSA) is 124 Å². The van der Waals surface area contributed by atoms with Crippen molar-refractivity contribution in [3.05, 3.63) is 129 Å². The molecule has 3 aromatic heterocycles. The van der Waals surface area contributed by atoms with Crippen molar-refractivity contribution in [1.82, 2.24) is 25.1 Å². The molecule has 0 amide bonds. The fourth-order valence-corrected chi connectivity index (χ4v) is 6.73. The summed E-state index contributed by atoms with van der Waals surface area (Å²) in [4.78, 5) is 22.1. The monoisotopic (exact) mass is 804 g/mol. The van der Waals surface area contributed by atoms with Gasteiger partial charge < -0.3 is 14.2 Å². The minimum Gasteiger partial charge on any atom is -0.489 e. The molecular weight excluding hydrogens is 759 g/mol. The highest BCUT2D eigenvalue weighted by Crippen LogP contribution is 2.39. The Hall–Kier alpha value is -5.31. The predicted molar refractivity (Wildman–Crippen MR) is 224 cm³/mol. The zero-order valence-corrected chi connectivity index (χ0v) is 34.7. The molecule has 0 saturated heterocycles. The SMILES string of the molecule is Cc1ccc(-c2cccc(-c3cccc4c3cnn4Cc3cc(OCc4cncc(C#N)c4)c(CN[C@@H](COC(C)(C)C)C(=O)OC(C)(C)C)cc3Cl)c2Cl)nc1. The Morgan fingerprint density at radius 3 is 2.37 bits per heavy atom. The third-order valence-corrected chi connectivity index (χ3v) is 9.70. The summed E-state index contributed by atoms with van der Waals surface area (Å²) in [6, 6.07) is 22.8. The van der Waals surface area contributed by atoms with Crippen LogP contribution in [0.1, 0.15) is 69.4 Å². The molecule has 10 nitrogen and oxygen atoms in total. The van der Waals surface area contributed by atoms with E-state index >= 15 is 0 Å². The number of hydrogen-bond donors (Lipinski definition) is 1. The highest BCUT2D eigenvalue weighted by Gasteiger charge is 2.28. The van der Waals surface area contributed by atoms with Gasteiger partial charge in [-0.1, -0.05) is 59.6 Å². The van der Waals surface area contributed by atoms with Crippen molar-refractivity contribution in [3.63, 3.8) is 0 Å². The Kier molecular flexibility index (Phi) is 12.7. The lowest BCUT2D eigenvalue weighted by molar-refractivity contribution is -0.160. The van der Waals surface area contributed by atoms with Crippen molar-refractivity contribution in [3.8, 4) is 34.2 Å². The van der Waals surface area contributed by atoms with Crippen molar-refractivity contribution in [1.29, 1.82) is 5.26 Å². The molecule has 0 bridgehead atoms. The largest absolute Gasteiger partial charge is 0.489 e. The number of carbonyl (C=O) groups excluding carboxylic acids is 1. The maximum Gasteiger partial charge on any atom is 0.326 e. The predicted octanol–water partition coefficient (Wildman–Crippen LogP) is 9.89. The van der Waals surface area contributed by atoms with E-state index in [1.165, 1.54) is 6.20 Å². The fraction of sp³-hybridized carbons (Fsp3) is 0.311. The first-order chi connectivity index (χ1) is 27.1. The van der Waals surface area contributed by atoms with Crippen LogP contribution in [-0.4, -0.2) is 49.6 Å². The number of benzene rings is 3. The van der Waals surface area contributed by atoms with Crippen molar-refractivity contribution < 1.29 is 19.0 Å². The molecule has 1 N–H and O–H groups in total. The molecule has 0 aliphatic carbocycles. The van der Waals surface area contributed by atoms with E-state index < -0.39 is 23.2 Å². The van der Waals surface area contributed by atoms with Gasteiger partial charge in [0, 0.05) is 57.8 Å². The van der Waals surface area contributed by atoms with E-state index in [0.29, 0.717) is 33.5 Å². The first kappa shape index (κ1) is 41.3. The molecule has 1 atom stereocenters. The van der Waals surface area contributed by atoms with Crippen LogP contribution in [0.3, 0.4) is 0 Å². The number of aromatic nitrogens is 4. The summed E-state index contributed by atoms with van der Waals surface area (Å²) in [5.74, 6) is 0.107. The van der Waals surface area contributed by atoms with Gasteiger partial charge in [-0.3, -0.25) is 24.8 Å². The maximum absolute atomic E-state index is 13.3. The van der Waals surface area contributed by atoms with Crippen molar-refractivity contribution in [2.75, 3.05) is 6.61 Å². The van der Waals surface area contributed by atoms with Crippen molar-refractivity contribution in [2.24, 2.45) is 0 Å². The summed E-state index contributed by atoms with van der Waals surface area (Å²) in [5, 5.41) is 19.6. The van der Waals surface area contributed by atoms with Gasteiger partial charge in [0.2, 0.25) is 0 Å². The molecule has 0 aliphatic rings. The minimum atomic E-state index is -0.766. The maximum atomic E-state index is 13.3. The molecule has 3 heterocycles. The zero-order valence-electron chi connectivity index (χ0n) is 33.2. The number of halogens is 2. The van der Waals surface area contributed by atoms with E-state index in [4.69, 9.17) is 42.5 Å². The van der Waals surface area contributed by atoms with Crippen LogP contribution in [0.15, 0.2) is 91.5 Å². The molecule has 0 spiro atoms. The van der Waals surface area contributed by atoms with Crippen LogP contribution < -0.4 is 10.1 Å². The van der Waals surface area contributed by atoms with Gasteiger partial charge in [-0.15, -0.1) is 0 Å². The van der Waals surface area contributed by atoms with E-state index in [0.717, 1.165) is 50.0 Å². The van der Waals surface area contributed by atoms with Gasteiger partial charge in [0.05, 0.1) is 46.7 Å². The van der Waals surface area contributed by atoms with Crippen LogP contribution in [0.4, 0.5) is 0 Å². The normalized spacial score (nSPS) is 12.4. The number of fused-ring (bicyclic) bond motifs is 1. The fourth-order valence-electron chi connectivity index (χ4n) is 6.16. The second kappa shape index (κ2) is 17.5. The summed E-state index contributed by atoms with van der Waals surface area (Å²) in [7, 11) is 0. The number of nitriles is 1. The van der Waals surface area contributed by atoms with Crippen LogP contribution >= 0.6 is 23.2 Å². The van der Waals surface area contributed by atoms with Gasteiger partial charge in [0.25, 0.3) is 0 Å². The molecule has 0 saturated carbocycles. The summed E-state index contributed by atoms with van der Waals surface area (Å²) in [5.41, 5.74) is 6.90. The van der Waals surface area contributed by atoms with Gasteiger partial charge in [-0.05, 0) is 95.5 Å².